The van der Waals surface area contributed by atoms with Crippen LogP contribution in [0.4, 0.5) is 0 Å². The molecule has 6 heteroatoms. The normalized spacial score (nSPS) is 13.7. The van der Waals surface area contributed by atoms with Crippen LogP contribution in [0.3, 0.4) is 0 Å². The molecule has 6 nitrogen and oxygen atoms in total. The van der Waals surface area contributed by atoms with E-state index in [0.29, 0.717) is 5.75 Å². The molecule has 0 radical (unpaired) electrons. The Morgan fingerprint density at radius 1 is 1.08 bits per heavy atom. The molecule has 1 aromatic carbocycles. The largest absolute Gasteiger partial charge is 0.480 e. The van der Waals surface area contributed by atoms with Crippen LogP contribution < -0.4 is 10.5 Å². The summed E-state index contributed by atoms with van der Waals surface area (Å²) in [6.45, 7) is 9.86. The molecule has 1 rings (SSSR count). The number of carbonyl (C=O) groups excluding carboxylic acids is 1. The number of rotatable bonds is 8. The third kappa shape index (κ3) is 5.53. The Kier molecular flexibility index (Phi) is 7.22. The first-order chi connectivity index (χ1) is 11.1. The Morgan fingerprint density at radius 3 is 2.00 bits per heavy atom. The van der Waals surface area contributed by atoms with E-state index in [1.165, 1.54) is 0 Å². The molecule has 0 aliphatic rings. The van der Waals surface area contributed by atoms with Gasteiger partial charge in [0.25, 0.3) is 0 Å². The molecule has 0 amide bonds. The number of carboxylic acid groups (broad SMARTS) is 1. The number of para-hydroxylation sites is 1. The van der Waals surface area contributed by atoms with Crippen molar-refractivity contribution in [3.8, 4) is 5.75 Å². The number of esters is 1. The second kappa shape index (κ2) is 8.68. The number of nitrogens with two attached hydrogens (primary N) is 1. The van der Waals surface area contributed by atoms with Crippen molar-refractivity contribution in [3.05, 3.63) is 29.3 Å². The predicted molar refractivity (Wildman–Crippen MR) is 91.0 cm³/mol. The number of hydrogen-bond acceptors (Lipinski definition) is 5. The summed E-state index contributed by atoms with van der Waals surface area (Å²) < 4.78 is 11.0. The fourth-order valence-electron chi connectivity index (χ4n) is 2.31. The first-order valence-corrected chi connectivity index (χ1v) is 8.10. The molecule has 0 aliphatic carbocycles. The van der Waals surface area contributed by atoms with Gasteiger partial charge >= 0.3 is 11.9 Å². The SMILES string of the molecule is CC(OC(=O)CC(N)C(=O)O)Oc1c(C(C)C)cccc1C(C)C. The quantitative estimate of drug-likeness (QED) is 0.559. The molecule has 24 heavy (non-hydrogen) atoms. The van der Waals surface area contributed by atoms with Crippen LogP contribution in [0, 0.1) is 0 Å². The Hall–Kier alpha value is -2.08. The number of aliphatic carboxylic acids is 1. The topological polar surface area (TPSA) is 98.9 Å². The molecule has 1 aromatic rings. The summed E-state index contributed by atoms with van der Waals surface area (Å²) in [6.07, 6.45) is -1.23. The molecule has 0 spiro atoms. The van der Waals surface area contributed by atoms with Crippen LogP contribution in [-0.4, -0.2) is 29.4 Å². The third-order valence-corrected chi connectivity index (χ3v) is 3.60. The van der Waals surface area contributed by atoms with Gasteiger partial charge in [-0.2, -0.15) is 0 Å². The standard InChI is InChI=1S/C18H27NO5/c1-10(2)13-7-6-8-14(11(3)4)17(13)24-12(5)23-16(20)9-15(19)18(21)22/h6-8,10-12,15H,9,19H2,1-5H3,(H,21,22). The predicted octanol–water partition coefficient (Wildman–Crippen LogP) is 3.00. The minimum atomic E-state index is -1.28. The second-order valence-corrected chi connectivity index (χ2v) is 6.40. The first-order valence-electron chi connectivity index (χ1n) is 8.10. The number of hydrogen-bond donors (Lipinski definition) is 2. The van der Waals surface area contributed by atoms with Gasteiger partial charge in [0.15, 0.2) is 0 Å². The van der Waals surface area contributed by atoms with Crippen LogP contribution in [0.2, 0.25) is 0 Å². The summed E-state index contributed by atoms with van der Waals surface area (Å²) in [5.41, 5.74) is 7.40. The Labute approximate surface area is 142 Å². The Bertz CT molecular complexity index is 557. The number of carboxylic acids is 1. The van der Waals surface area contributed by atoms with Gasteiger partial charge in [-0.1, -0.05) is 45.9 Å². The fourth-order valence-corrected chi connectivity index (χ4v) is 2.31. The lowest BCUT2D eigenvalue weighted by atomic mass is 9.94. The summed E-state index contributed by atoms with van der Waals surface area (Å²) >= 11 is 0. The number of ether oxygens (including phenoxy) is 2. The lowest BCUT2D eigenvalue weighted by Gasteiger charge is -2.23. The highest BCUT2D eigenvalue weighted by molar-refractivity contribution is 5.81. The van der Waals surface area contributed by atoms with Crippen molar-refractivity contribution in [2.45, 2.75) is 65.2 Å². The zero-order chi connectivity index (χ0) is 18.4. The van der Waals surface area contributed by atoms with Gasteiger partial charge in [0.1, 0.15) is 11.8 Å². The molecule has 0 fully saturated rings. The molecular weight excluding hydrogens is 310 g/mol. The second-order valence-electron chi connectivity index (χ2n) is 6.40. The molecule has 3 N–H and O–H groups in total. The Morgan fingerprint density at radius 2 is 1.58 bits per heavy atom. The van der Waals surface area contributed by atoms with Crippen molar-refractivity contribution in [2.75, 3.05) is 0 Å². The lowest BCUT2D eigenvalue weighted by molar-refractivity contribution is -0.163. The van der Waals surface area contributed by atoms with Gasteiger partial charge in [-0.15, -0.1) is 0 Å². The van der Waals surface area contributed by atoms with E-state index < -0.39 is 30.7 Å². The number of carbonyl (C=O) groups is 2. The maximum Gasteiger partial charge on any atom is 0.321 e. The Balaban J connectivity index is 2.88. The van der Waals surface area contributed by atoms with Gasteiger partial charge in [0, 0.05) is 6.92 Å². The van der Waals surface area contributed by atoms with Crippen molar-refractivity contribution in [1.82, 2.24) is 0 Å². The minimum Gasteiger partial charge on any atom is -0.480 e. The van der Waals surface area contributed by atoms with Crippen LogP contribution in [-0.2, 0) is 14.3 Å². The average Bonchev–Trinajstić information content (AvgIpc) is 2.46. The van der Waals surface area contributed by atoms with Crippen LogP contribution in [0.1, 0.15) is 64.0 Å². The van der Waals surface area contributed by atoms with Crippen molar-refractivity contribution in [1.29, 1.82) is 0 Å². The highest BCUT2D eigenvalue weighted by Crippen LogP contribution is 2.35. The van der Waals surface area contributed by atoms with Crippen LogP contribution in [0.5, 0.6) is 5.75 Å². The zero-order valence-electron chi connectivity index (χ0n) is 14.9. The van der Waals surface area contributed by atoms with E-state index in [1.54, 1.807) is 6.92 Å². The lowest BCUT2D eigenvalue weighted by Crippen LogP contribution is -2.34. The monoisotopic (exact) mass is 337 g/mol. The maximum absolute atomic E-state index is 11.8. The highest BCUT2D eigenvalue weighted by atomic mass is 16.7. The molecule has 0 heterocycles. The zero-order valence-corrected chi connectivity index (χ0v) is 14.9. The van der Waals surface area contributed by atoms with Crippen molar-refractivity contribution in [3.63, 3.8) is 0 Å². The first kappa shape index (κ1) is 20.0. The maximum atomic E-state index is 11.8. The summed E-state index contributed by atoms with van der Waals surface area (Å²) in [4.78, 5) is 22.4. The fraction of sp³-hybridized carbons (Fsp3) is 0.556. The third-order valence-electron chi connectivity index (χ3n) is 3.60. The van der Waals surface area contributed by atoms with E-state index >= 15 is 0 Å². The molecule has 0 bridgehead atoms. The molecule has 2 atom stereocenters. The van der Waals surface area contributed by atoms with E-state index in [4.69, 9.17) is 20.3 Å². The minimum absolute atomic E-state index is 0.252. The summed E-state index contributed by atoms with van der Waals surface area (Å²) in [5.74, 6) is -0.729. The van der Waals surface area contributed by atoms with Gasteiger partial charge < -0.3 is 20.3 Å². The van der Waals surface area contributed by atoms with Crippen LogP contribution in [0.25, 0.3) is 0 Å². The van der Waals surface area contributed by atoms with Gasteiger partial charge in [-0.05, 0) is 23.0 Å². The van der Waals surface area contributed by atoms with Crippen molar-refractivity contribution >= 4 is 11.9 Å². The summed E-state index contributed by atoms with van der Waals surface area (Å²) in [5, 5.41) is 8.73. The molecular formula is C18H27NO5. The summed E-state index contributed by atoms with van der Waals surface area (Å²) in [6, 6.07) is 4.68. The van der Waals surface area contributed by atoms with E-state index in [9.17, 15) is 9.59 Å². The number of benzene rings is 1. The average molecular weight is 337 g/mol. The van der Waals surface area contributed by atoms with Gasteiger partial charge in [0.2, 0.25) is 6.29 Å². The van der Waals surface area contributed by atoms with Gasteiger partial charge in [0.05, 0.1) is 6.42 Å². The van der Waals surface area contributed by atoms with E-state index in [-0.39, 0.29) is 11.8 Å². The molecule has 0 saturated heterocycles. The van der Waals surface area contributed by atoms with Crippen molar-refractivity contribution in [2.24, 2.45) is 5.73 Å². The van der Waals surface area contributed by atoms with Gasteiger partial charge in [-0.3, -0.25) is 9.59 Å². The molecule has 0 saturated carbocycles. The van der Waals surface area contributed by atoms with E-state index in [1.807, 2.05) is 18.2 Å². The van der Waals surface area contributed by atoms with E-state index in [0.717, 1.165) is 11.1 Å². The highest BCUT2D eigenvalue weighted by Gasteiger charge is 2.22. The summed E-state index contributed by atoms with van der Waals surface area (Å²) in [7, 11) is 0. The molecule has 2 unspecified atom stereocenters. The smallest absolute Gasteiger partial charge is 0.321 e. The van der Waals surface area contributed by atoms with Crippen LogP contribution >= 0.6 is 0 Å². The molecule has 0 aliphatic heterocycles. The molecule has 0 aromatic heterocycles. The van der Waals surface area contributed by atoms with Crippen molar-refractivity contribution < 1.29 is 24.2 Å². The van der Waals surface area contributed by atoms with Gasteiger partial charge in [-0.25, -0.2) is 0 Å². The van der Waals surface area contributed by atoms with Crippen LogP contribution in [0.15, 0.2) is 18.2 Å². The molecule has 134 valence electrons. The van der Waals surface area contributed by atoms with E-state index in [2.05, 4.69) is 27.7 Å².